The van der Waals surface area contributed by atoms with Gasteiger partial charge >= 0.3 is 0 Å². The lowest BCUT2D eigenvalue weighted by Gasteiger charge is -2.11. The average Bonchev–Trinajstić information content (AvgIpc) is 3.11. The highest BCUT2D eigenvalue weighted by Crippen LogP contribution is 2.09. The summed E-state index contributed by atoms with van der Waals surface area (Å²) in [6.07, 6.45) is 7.39. The first-order valence-electron chi connectivity index (χ1n) is 8.44. The molecule has 2 N–H and O–H groups in total. The van der Waals surface area contributed by atoms with Gasteiger partial charge in [0.25, 0.3) is 0 Å². The Hall–Kier alpha value is -1.57. The second-order valence-electron chi connectivity index (χ2n) is 5.45. The van der Waals surface area contributed by atoms with Crippen molar-refractivity contribution in [1.29, 1.82) is 0 Å². The molecule has 0 saturated heterocycles. The third-order valence-corrected chi connectivity index (χ3v) is 3.54. The Balaban J connectivity index is 0.00000288. The van der Waals surface area contributed by atoms with Gasteiger partial charge in [0.15, 0.2) is 5.96 Å². The fourth-order valence-electron chi connectivity index (χ4n) is 2.27. The summed E-state index contributed by atoms with van der Waals surface area (Å²) in [7, 11) is 0. The van der Waals surface area contributed by atoms with Crippen LogP contribution in [0.15, 0.2) is 47.7 Å². The number of guanidine groups is 1. The zero-order valence-corrected chi connectivity index (χ0v) is 16.9. The molecule has 6 heteroatoms. The molecule has 1 aromatic heterocycles. The molecule has 0 fully saturated rings. The molecule has 24 heavy (non-hydrogen) atoms. The Morgan fingerprint density at radius 1 is 1.12 bits per heavy atom. The molecule has 5 nitrogen and oxygen atoms in total. The second kappa shape index (κ2) is 11.9. The lowest BCUT2D eigenvalue weighted by atomic mass is 10.2. The minimum absolute atomic E-state index is 0. The van der Waals surface area contributed by atoms with E-state index in [-0.39, 0.29) is 24.0 Å². The zero-order valence-electron chi connectivity index (χ0n) is 14.5. The topological polar surface area (TPSA) is 54.2 Å². The fourth-order valence-corrected chi connectivity index (χ4v) is 2.27. The molecular formula is C18H28IN5. The SMILES string of the molecule is CCCCCNC(=NCc1ccc(-n2cccn2)cc1)NCC.I. The third-order valence-electron chi connectivity index (χ3n) is 3.54. The van der Waals surface area contributed by atoms with E-state index in [0.717, 1.165) is 24.7 Å². The van der Waals surface area contributed by atoms with Crippen LogP contribution in [0.1, 0.15) is 38.7 Å². The van der Waals surface area contributed by atoms with E-state index in [1.807, 2.05) is 16.9 Å². The van der Waals surface area contributed by atoms with E-state index in [1.54, 1.807) is 6.20 Å². The van der Waals surface area contributed by atoms with Gasteiger partial charge in [0.05, 0.1) is 12.2 Å². The Kier molecular flexibility index (Phi) is 10.1. The number of hydrogen-bond donors (Lipinski definition) is 2. The predicted molar refractivity (Wildman–Crippen MR) is 111 cm³/mol. The van der Waals surface area contributed by atoms with Crippen LogP contribution < -0.4 is 10.6 Å². The molecule has 0 aliphatic heterocycles. The number of halogens is 1. The Morgan fingerprint density at radius 2 is 1.92 bits per heavy atom. The molecule has 0 amide bonds. The van der Waals surface area contributed by atoms with Crippen LogP contribution in [-0.2, 0) is 6.54 Å². The molecule has 1 aromatic carbocycles. The summed E-state index contributed by atoms with van der Waals surface area (Å²) >= 11 is 0. The van der Waals surface area contributed by atoms with Crippen molar-refractivity contribution in [2.45, 2.75) is 39.7 Å². The molecule has 0 bridgehead atoms. The van der Waals surface area contributed by atoms with Crippen LogP contribution in [-0.4, -0.2) is 28.8 Å². The molecule has 0 saturated carbocycles. The van der Waals surface area contributed by atoms with Gasteiger partial charge in [-0.1, -0.05) is 31.9 Å². The maximum absolute atomic E-state index is 4.65. The number of aromatic nitrogens is 2. The molecule has 0 radical (unpaired) electrons. The van der Waals surface area contributed by atoms with Gasteiger partial charge in [-0.15, -0.1) is 24.0 Å². The number of unbranched alkanes of at least 4 members (excludes halogenated alkanes) is 2. The summed E-state index contributed by atoms with van der Waals surface area (Å²) in [4.78, 5) is 4.65. The van der Waals surface area contributed by atoms with Gasteiger partial charge in [0.1, 0.15) is 0 Å². The molecule has 1 heterocycles. The number of aliphatic imine (C=N–C) groups is 1. The predicted octanol–water partition coefficient (Wildman–Crippen LogP) is 3.74. The van der Waals surface area contributed by atoms with Crippen molar-refractivity contribution < 1.29 is 0 Å². The maximum Gasteiger partial charge on any atom is 0.191 e. The van der Waals surface area contributed by atoms with E-state index in [0.29, 0.717) is 6.54 Å². The van der Waals surface area contributed by atoms with Gasteiger partial charge in [0.2, 0.25) is 0 Å². The molecule has 0 aliphatic rings. The van der Waals surface area contributed by atoms with Crippen molar-refractivity contribution in [3.63, 3.8) is 0 Å². The number of benzene rings is 1. The lowest BCUT2D eigenvalue weighted by Crippen LogP contribution is -2.37. The fraction of sp³-hybridized carbons (Fsp3) is 0.444. The van der Waals surface area contributed by atoms with Crippen molar-refractivity contribution in [3.8, 4) is 5.69 Å². The lowest BCUT2D eigenvalue weighted by molar-refractivity contribution is 0.683. The first kappa shape index (κ1) is 20.5. The summed E-state index contributed by atoms with van der Waals surface area (Å²) in [6.45, 7) is 6.81. The van der Waals surface area contributed by atoms with Crippen molar-refractivity contribution in [2.24, 2.45) is 4.99 Å². The van der Waals surface area contributed by atoms with E-state index >= 15 is 0 Å². The summed E-state index contributed by atoms with van der Waals surface area (Å²) in [5.74, 6) is 0.889. The van der Waals surface area contributed by atoms with Crippen molar-refractivity contribution in [1.82, 2.24) is 20.4 Å². The number of rotatable bonds is 8. The van der Waals surface area contributed by atoms with Gasteiger partial charge in [-0.25, -0.2) is 9.67 Å². The Morgan fingerprint density at radius 3 is 2.54 bits per heavy atom. The molecule has 132 valence electrons. The summed E-state index contributed by atoms with van der Waals surface area (Å²) < 4.78 is 1.85. The molecule has 0 aliphatic carbocycles. The van der Waals surface area contributed by atoms with Crippen molar-refractivity contribution >= 4 is 29.9 Å². The van der Waals surface area contributed by atoms with E-state index in [1.165, 1.54) is 24.8 Å². The third kappa shape index (κ3) is 6.90. The molecule has 2 rings (SSSR count). The van der Waals surface area contributed by atoms with Crippen LogP contribution in [0.25, 0.3) is 5.69 Å². The minimum atomic E-state index is 0. The van der Waals surface area contributed by atoms with Crippen LogP contribution in [0.2, 0.25) is 0 Å². The summed E-state index contributed by atoms with van der Waals surface area (Å²) in [6, 6.07) is 10.3. The first-order valence-corrected chi connectivity index (χ1v) is 8.44. The van der Waals surface area contributed by atoms with Gasteiger partial charge in [0, 0.05) is 25.5 Å². The Labute approximate surface area is 162 Å². The first-order chi connectivity index (χ1) is 11.3. The van der Waals surface area contributed by atoms with E-state index in [9.17, 15) is 0 Å². The molecule has 0 unspecified atom stereocenters. The second-order valence-corrected chi connectivity index (χ2v) is 5.45. The summed E-state index contributed by atoms with van der Waals surface area (Å²) in [5, 5.41) is 10.9. The van der Waals surface area contributed by atoms with Crippen LogP contribution in [0, 0.1) is 0 Å². The van der Waals surface area contributed by atoms with E-state index in [4.69, 9.17) is 0 Å². The van der Waals surface area contributed by atoms with E-state index in [2.05, 4.69) is 58.8 Å². The maximum atomic E-state index is 4.65. The standard InChI is InChI=1S/C18H27N5.HI/c1-3-5-6-12-20-18(19-4-2)21-15-16-8-10-17(11-9-16)23-14-7-13-22-23;/h7-11,13-14H,3-6,12,15H2,1-2H3,(H2,19,20,21);1H. The monoisotopic (exact) mass is 441 g/mol. The molecule has 2 aromatic rings. The van der Waals surface area contributed by atoms with Gasteiger partial charge in [-0.2, -0.15) is 5.10 Å². The quantitative estimate of drug-likeness (QED) is 0.284. The van der Waals surface area contributed by atoms with Gasteiger partial charge in [-0.3, -0.25) is 0 Å². The molecular weight excluding hydrogens is 413 g/mol. The van der Waals surface area contributed by atoms with Crippen LogP contribution in [0.5, 0.6) is 0 Å². The van der Waals surface area contributed by atoms with Gasteiger partial charge < -0.3 is 10.6 Å². The van der Waals surface area contributed by atoms with Gasteiger partial charge in [-0.05, 0) is 37.1 Å². The molecule has 0 spiro atoms. The highest BCUT2D eigenvalue weighted by molar-refractivity contribution is 14.0. The van der Waals surface area contributed by atoms with Crippen molar-refractivity contribution in [3.05, 3.63) is 48.3 Å². The van der Waals surface area contributed by atoms with Crippen LogP contribution >= 0.6 is 24.0 Å². The molecule has 0 atom stereocenters. The highest BCUT2D eigenvalue weighted by Gasteiger charge is 1.99. The Bertz CT molecular complexity index is 578. The van der Waals surface area contributed by atoms with Crippen LogP contribution in [0.3, 0.4) is 0 Å². The van der Waals surface area contributed by atoms with Crippen LogP contribution in [0.4, 0.5) is 0 Å². The zero-order chi connectivity index (χ0) is 16.3. The number of hydrogen-bond acceptors (Lipinski definition) is 2. The van der Waals surface area contributed by atoms with Crippen molar-refractivity contribution in [2.75, 3.05) is 13.1 Å². The minimum Gasteiger partial charge on any atom is -0.357 e. The number of nitrogens with one attached hydrogen (secondary N) is 2. The smallest absolute Gasteiger partial charge is 0.191 e. The van der Waals surface area contributed by atoms with E-state index < -0.39 is 0 Å². The summed E-state index contributed by atoms with van der Waals surface area (Å²) in [5.41, 5.74) is 2.25. The highest BCUT2D eigenvalue weighted by atomic mass is 127. The normalized spacial score (nSPS) is 11.0. The largest absolute Gasteiger partial charge is 0.357 e. The average molecular weight is 441 g/mol. The number of nitrogens with zero attached hydrogens (tertiary/aromatic N) is 3.